The summed E-state index contributed by atoms with van der Waals surface area (Å²) in [6, 6.07) is 0. The fourth-order valence-corrected chi connectivity index (χ4v) is 1.51. The van der Waals surface area contributed by atoms with Crippen LogP contribution in [0.3, 0.4) is 0 Å². The summed E-state index contributed by atoms with van der Waals surface area (Å²) >= 11 is 0. The molecule has 0 aromatic rings. The lowest BCUT2D eigenvalue weighted by Gasteiger charge is -2.19. The number of allylic oxidation sites excluding steroid dienone is 2. The Bertz CT molecular complexity index is 320. The smallest absolute Gasteiger partial charge is 0.209 e. The molecule has 0 spiro atoms. The van der Waals surface area contributed by atoms with Gasteiger partial charge >= 0.3 is 0 Å². The van der Waals surface area contributed by atoms with E-state index in [1.807, 2.05) is 18.4 Å². The molecule has 13 heavy (non-hydrogen) atoms. The van der Waals surface area contributed by atoms with E-state index >= 15 is 0 Å². The lowest BCUT2D eigenvalue weighted by atomic mass is 10.3. The summed E-state index contributed by atoms with van der Waals surface area (Å²) in [5.41, 5.74) is 0. The molecule has 0 aromatic carbocycles. The van der Waals surface area contributed by atoms with E-state index in [2.05, 4.69) is 11.0 Å². The summed E-state index contributed by atoms with van der Waals surface area (Å²) in [6.07, 6.45) is 9.61. The Labute approximate surface area is 79.9 Å². The second-order valence-corrected chi connectivity index (χ2v) is 3.69. The zero-order valence-corrected chi connectivity index (χ0v) is 8.20. The molecule has 1 aliphatic rings. The molecule has 3 nitrogen and oxygen atoms in total. The van der Waals surface area contributed by atoms with Crippen LogP contribution in [0.5, 0.6) is 0 Å². The van der Waals surface area contributed by atoms with Crippen molar-refractivity contribution in [3.05, 3.63) is 24.4 Å². The van der Waals surface area contributed by atoms with Gasteiger partial charge in [-0.05, 0) is 25.1 Å². The van der Waals surface area contributed by atoms with E-state index < -0.39 is 10.3 Å². The third kappa shape index (κ3) is 4.52. The van der Waals surface area contributed by atoms with E-state index in [-0.39, 0.29) is 0 Å². The monoisotopic (exact) mass is 199 g/mol. The summed E-state index contributed by atoms with van der Waals surface area (Å²) in [7, 11) is -2.00. The van der Waals surface area contributed by atoms with Crippen LogP contribution in [-0.4, -0.2) is 31.8 Å². The molecule has 0 amide bonds. The standard InChI is InChI=1S/C9H13NO2S/c11-13(12)9-5-4-8-10-6-2-1-3-7-10/h1-3,6,9H,4-5,7-8H2. The van der Waals surface area contributed by atoms with Crippen molar-refractivity contribution < 1.29 is 8.42 Å². The van der Waals surface area contributed by atoms with E-state index in [4.69, 9.17) is 0 Å². The van der Waals surface area contributed by atoms with Gasteiger partial charge in [0.15, 0.2) is 0 Å². The minimum absolute atomic E-state index is 0.629. The first kappa shape index (κ1) is 10.1. The number of unbranched alkanes of at least 4 members (excludes halogenated alkanes) is 1. The molecule has 1 aliphatic heterocycles. The van der Waals surface area contributed by atoms with Crippen LogP contribution in [-0.2, 0) is 10.3 Å². The van der Waals surface area contributed by atoms with Gasteiger partial charge in [-0.25, -0.2) is 0 Å². The zero-order valence-electron chi connectivity index (χ0n) is 7.39. The fourth-order valence-electron chi connectivity index (χ4n) is 1.15. The van der Waals surface area contributed by atoms with Gasteiger partial charge in [-0.2, -0.15) is 8.42 Å². The lowest BCUT2D eigenvalue weighted by Crippen LogP contribution is -2.19. The Hall–Kier alpha value is -1.03. The molecular formula is C9H13NO2S. The Morgan fingerprint density at radius 1 is 1.38 bits per heavy atom. The molecule has 0 fully saturated rings. The maximum Gasteiger partial charge on any atom is 0.209 e. The van der Waals surface area contributed by atoms with Gasteiger partial charge < -0.3 is 4.90 Å². The molecule has 0 bridgehead atoms. The highest BCUT2D eigenvalue weighted by Crippen LogP contribution is 2.00. The van der Waals surface area contributed by atoms with Crippen molar-refractivity contribution in [3.8, 4) is 0 Å². The van der Waals surface area contributed by atoms with Gasteiger partial charge in [-0.15, -0.1) is 0 Å². The zero-order chi connectivity index (χ0) is 9.52. The summed E-state index contributed by atoms with van der Waals surface area (Å²) in [5.74, 6) is 0. The van der Waals surface area contributed by atoms with Crippen molar-refractivity contribution in [2.45, 2.75) is 12.8 Å². The molecule has 0 aromatic heterocycles. The quantitative estimate of drug-likeness (QED) is 0.497. The summed E-state index contributed by atoms with van der Waals surface area (Å²) < 4.78 is 20.3. The predicted molar refractivity (Wildman–Crippen MR) is 54.1 cm³/mol. The molecule has 0 saturated heterocycles. The average Bonchev–Trinajstić information content (AvgIpc) is 2.14. The van der Waals surface area contributed by atoms with Crippen molar-refractivity contribution in [2.24, 2.45) is 0 Å². The van der Waals surface area contributed by atoms with E-state index in [0.717, 1.165) is 19.5 Å². The number of hydrogen-bond donors (Lipinski definition) is 0. The van der Waals surface area contributed by atoms with Crippen molar-refractivity contribution in [3.63, 3.8) is 0 Å². The molecule has 1 heterocycles. The van der Waals surface area contributed by atoms with Gasteiger partial charge in [0.1, 0.15) is 0 Å². The van der Waals surface area contributed by atoms with Crippen LogP contribution in [0.25, 0.3) is 0 Å². The topological polar surface area (TPSA) is 37.4 Å². The van der Waals surface area contributed by atoms with Gasteiger partial charge in [0.05, 0.1) is 0 Å². The Morgan fingerprint density at radius 3 is 2.85 bits per heavy atom. The third-order valence-electron chi connectivity index (χ3n) is 1.79. The highest BCUT2D eigenvalue weighted by Gasteiger charge is 1.97. The first-order valence-electron chi connectivity index (χ1n) is 4.28. The molecule has 0 N–H and O–H groups in total. The largest absolute Gasteiger partial charge is 0.374 e. The highest BCUT2D eigenvalue weighted by molar-refractivity contribution is 7.71. The normalized spacial score (nSPS) is 14.6. The minimum Gasteiger partial charge on any atom is -0.374 e. The predicted octanol–water partition coefficient (Wildman–Crippen LogP) is 0.833. The summed E-state index contributed by atoms with van der Waals surface area (Å²) in [4.78, 5) is 2.15. The number of rotatable bonds is 4. The van der Waals surface area contributed by atoms with Gasteiger partial charge in [-0.3, -0.25) is 0 Å². The average molecular weight is 199 g/mol. The fraction of sp³-hybridized carbons (Fsp3) is 0.444. The minimum atomic E-state index is -2.00. The van der Waals surface area contributed by atoms with Crippen LogP contribution >= 0.6 is 0 Å². The first-order chi connectivity index (χ1) is 6.29. The molecule has 0 unspecified atom stereocenters. The Kier molecular flexibility index (Phi) is 4.32. The van der Waals surface area contributed by atoms with Crippen LogP contribution < -0.4 is 0 Å². The van der Waals surface area contributed by atoms with E-state index in [1.54, 1.807) is 0 Å². The van der Waals surface area contributed by atoms with E-state index in [0.29, 0.717) is 6.42 Å². The van der Waals surface area contributed by atoms with Crippen molar-refractivity contribution in [2.75, 3.05) is 13.1 Å². The van der Waals surface area contributed by atoms with E-state index in [1.165, 1.54) is 5.37 Å². The highest BCUT2D eigenvalue weighted by atomic mass is 32.2. The summed E-state index contributed by atoms with van der Waals surface area (Å²) in [5, 5.41) is 1.31. The second kappa shape index (κ2) is 5.59. The first-order valence-corrected chi connectivity index (χ1v) is 5.41. The van der Waals surface area contributed by atoms with Crippen LogP contribution in [0.15, 0.2) is 24.4 Å². The molecule has 4 heteroatoms. The lowest BCUT2D eigenvalue weighted by molar-refractivity contribution is 0.407. The third-order valence-corrected chi connectivity index (χ3v) is 2.30. The maximum absolute atomic E-state index is 10.2. The summed E-state index contributed by atoms with van der Waals surface area (Å²) in [6.45, 7) is 1.84. The molecule has 0 radical (unpaired) electrons. The van der Waals surface area contributed by atoms with Gasteiger partial charge in [-0.1, -0.05) is 12.2 Å². The van der Waals surface area contributed by atoms with Crippen molar-refractivity contribution in [1.82, 2.24) is 4.90 Å². The number of nitrogens with zero attached hydrogens (tertiary/aromatic N) is 1. The van der Waals surface area contributed by atoms with Gasteiger partial charge in [0.2, 0.25) is 10.3 Å². The molecular weight excluding hydrogens is 186 g/mol. The van der Waals surface area contributed by atoms with Gasteiger partial charge in [0, 0.05) is 18.5 Å². The SMILES string of the molecule is O=S(=O)=CCCCN1C=CC=CC1. The molecule has 0 aliphatic carbocycles. The molecule has 1 rings (SSSR count). The van der Waals surface area contributed by atoms with Crippen LogP contribution in [0.4, 0.5) is 0 Å². The Balaban J connectivity index is 2.16. The second-order valence-electron chi connectivity index (χ2n) is 2.83. The van der Waals surface area contributed by atoms with E-state index in [9.17, 15) is 8.42 Å². The van der Waals surface area contributed by atoms with Crippen molar-refractivity contribution in [1.29, 1.82) is 0 Å². The maximum atomic E-state index is 10.2. The van der Waals surface area contributed by atoms with Gasteiger partial charge in [0.25, 0.3) is 0 Å². The van der Waals surface area contributed by atoms with Crippen LogP contribution in [0.1, 0.15) is 12.8 Å². The van der Waals surface area contributed by atoms with Crippen molar-refractivity contribution >= 4 is 15.7 Å². The molecule has 72 valence electrons. The number of hydrogen-bond acceptors (Lipinski definition) is 3. The van der Waals surface area contributed by atoms with Crippen LogP contribution in [0, 0.1) is 0 Å². The van der Waals surface area contributed by atoms with Crippen LogP contribution in [0.2, 0.25) is 0 Å². The molecule has 0 atom stereocenters. The molecule has 0 saturated carbocycles. The Morgan fingerprint density at radius 2 is 2.23 bits per heavy atom.